The van der Waals surface area contributed by atoms with Crippen LogP contribution in [0.4, 0.5) is 0 Å². The number of likely N-dealkylation sites (tertiary alicyclic amines) is 1. The molecule has 0 spiro atoms. The van der Waals surface area contributed by atoms with Crippen LogP contribution in [0.25, 0.3) is 5.65 Å². The van der Waals surface area contributed by atoms with Gasteiger partial charge >= 0.3 is 0 Å². The Morgan fingerprint density at radius 2 is 2.07 bits per heavy atom. The SMILES string of the molecule is CCC(=O)N1CCC[C@@H]1c1cc2nc(C)c(CCC(=O)N[C@H](C)CC)c(C)n2n1. The largest absolute Gasteiger partial charge is 0.354 e. The van der Waals surface area contributed by atoms with E-state index in [4.69, 9.17) is 10.1 Å². The maximum absolute atomic E-state index is 12.3. The zero-order chi connectivity index (χ0) is 21.1. The third kappa shape index (κ3) is 4.43. The van der Waals surface area contributed by atoms with Crippen LogP contribution in [0.5, 0.6) is 0 Å². The lowest BCUT2D eigenvalue weighted by Crippen LogP contribution is -2.32. The molecule has 0 aromatic carbocycles. The molecule has 2 amide bonds. The number of amides is 2. The molecule has 1 aliphatic heterocycles. The van der Waals surface area contributed by atoms with Crippen LogP contribution in [-0.4, -0.2) is 43.9 Å². The molecule has 1 N–H and O–H groups in total. The monoisotopic (exact) mass is 399 g/mol. The molecule has 2 atom stereocenters. The number of carbonyl (C=O) groups is 2. The van der Waals surface area contributed by atoms with Gasteiger partial charge in [-0.25, -0.2) is 9.50 Å². The molecule has 0 bridgehead atoms. The summed E-state index contributed by atoms with van der Waals surface area (Å²) in [7, 11) is 0. The van der Waals surface area contributed by atoms with Crippen molar-refractivity contribution in [1.29, 1.82) is 0 Å². The second-order valence-corrected chi connectivity index (χ2v) is 8.08. The molecule has 7 nitrogen and oxygen atoms in total. The minimum atomic E-state index is 0.0358. The lowest BCUT2D eigenvalue weighted by atomic mass is 10.1. The summed E-state index contributed by atoms with van der Waals surface area (Å²) in [6, 6.07) is 2.23. The summed E-state index contributed by atoms with van der Waals surface area (Å²) in [5.41, 5.74) is 4.73. The predicted molar refractivity (Wildman–Crippen MR) is 113 cm³/mol. The zero-order valence-corrected chi connectivity index (χ0v) is 18.3. The summed E-state index contributed by atoms with van der Waals surface area (Å²) in [4.78, 5) is 31.1. The lowest BCUT2D eigenvalue weighted by Gasteiger charge is -2.22. The fourth-order valence-corrected chi connectivity index (χ4v) is 4.13. The van der Waals surface area contributed by atoms with E-state index in [1.807, 2.05) is 43.2 Å². The number of hydrogen-bond acceptors (Lipinski definition) is 4. The van der Waals surface area contributed by atoms with E-state index < -0.39 is 0 Å². The van der Waals surface area contributed by atoms with Crippen LogP contribution in [0.15, 0.2) is 6.07 Å². The molecule has 158 valence electrons. The number of nitrogens with zero attached hydrogens (tertiary/aromatic N) is 4. The second kappa shape index (κ2) is 8.93. The van der Waals surface area contributed by atoms with Gasteiger partial charge in [-0.15, -0.1) is 0 Å². The van der Waals surface area contributed by atoms with Gasteiger partial charge in [-0.2, -0.15) is 5.10 Å². The molecule has 3 rings (SSSR count). The number of aromatic nitrogens is 3. The summed E-state index contributed by atoms with van der Waals surface area (Å²) in [6.45, 7) is 10.8. The van der Waals surface area contributed by atoms with E-state index >= 15 is 0 Å². The molecule has 1 fully saturated rings. The van der Waals surface area contributed by atoms with Crippen LogP contribution in [-0.2, 0) is 16.0 Å². The first-order valence-electron chi connectivity index (χ1n) is 10.8. The average molecular weight is 400 g/mol. The van der Waals surface area contributed by atoms with Crippen molar-refractivity contribution < 1.29 is 9.59 Å². The van der Waals surface area contributed by atoms with Crippen LogP contribution in [0, 0.1) is 13.8 Å². The van der Waals surface area contributed by atoms with Gasteiger partial charge in [0.15, 0.2) is 5.65 Å². The Kier molecular flexibility index (Phi) is 6.55. The van der Waals surface area contributed by atoms with E-state index in [2.05, 4.69) is 12.2 Å². The number of fused-ring (bicyclic) bond motifs is 1. The van der Waals surface area contributed by atoms with Crippen molar-refractivity contribution >= 4 is 17.5 Å². The molecular formula is C22H33N5O2. The van der Waals surface area contributed by atoms with Crippen LogP contribution in [0.3, 0.4) is 0 Å². The van der Waals surface area contributed by atoms with Gasteiger partial charge in [-0.05, 0) is 52.0 Å². The smallest absolute Gasteiger partial charge is 0.222 e. The highest BCUT2D eigenvalue weighted by atomic mass is 16.2. The van der Waals surface area contributed by atoms with E-state index in [0.717, 1.165) is 54.1 Å². The topological polar surface area (TPSA) is 79.6 Å². The highest BCUT2D eigenvalue weighted by Gasteiger charge is 2.31. The lowest BCUT2D eigenvalue weighted by molar-refractivity contribution is -0.131. The van der Waals surface area contributed by atoms with E-state index in [1.54, 1.807) is 0 Å². The Hall–Kier alpha value is -2.44. The van der Waals surface area contributed by atoms with Crippen LogP contribution < -0.4 is 5.32 Å². The number of hydrogen-bond donors (Lipinski definition) is 1. The van der Waals surface area contributed by atoms with Gasteiger partial charge in [-0.1, -0.05) is 13.8 Å². The van der Waals surface area contributed by atoms with Gasteiger partial charge in [0.2, 0.25) is 11.8 Å². The van der Waals surface area contributed by atoms with Crippen molar-refractivity contribution in [3.8, 4) is 0 Å². The van der Waals surface area contributed by atoms with E-state index in [0.29, 0.717) is 19.3 Å². The summed E-state index contributed by atoms with van der Waals surface area (Å²) in [5, 5.41) is 7.83. The van der Waals surface area contributed by atoms with Crippen molar-refractivity contribution in [3.63, 3.8) is 0 Å². The Labute approximate surface area is 172 Å². The summed E-state index contributed by atoms with van der Waals surface area (Å²) in [5.74, 6) is 0.248. The first-order chi connectivity index (χ1) is 13.8. The molecule has 1 aliphatic rings. The number of rotatable bonds is 7. The standard InChI is InChI=1S/C22H33N5O2/c1-6-14(3)23-21(28)11-10-17-15(4)24-20-13-18(25-27(20)16(17)5)19-9-8-12-26(19)22(29)7-2/h13-14,19H,6-12H2,1-5H3,(H,23,28)/t14-,19-/m1/s1. The Morgan fingerprint density at radius 3 is 2.76 bits per heavy atom. The molecule has 0 saturated carbocycles. The number of aryl methyl sites for hydroxylation is 2. The average Bonchev–Trinajstić information content (AvgIpc) is 3.33. The quantitative estimate of drug-likeness (QED) is 0.775. The van der Waals surface area contributed by atoms with Crippen LogP contribution in [0.1, 0.15) is 81.6 Å². The molecule has 0 radical (unpaired) electrons. The Balaban J connectivity index is 1.84. The van der Waals surface area contributed by atoms with Crippen LogP contribution >= 0.6 is 0 Å². The van der Waals surface area contributed by atoms with E-state index in [9.17, 15) is 9.59 Å². The van der Waals surface area contributed by atoms with Gasteiger partial charge in [0.1, 0.15) is 0 Å². The van der Waals surface area contributed by atoms with Gasteiger partial charge in [0.05, 0.1) is 11.7 Å². The van der Waals surface area contributed by atoms with Crippen molar-refractivity contribution in [1.82, 2.24) is 24.8 Å². The fraction of sp³-hybridized carbons (Fsp3) is 0.636. The summed E-state index contributed by atoms with van der Waals surface area (Å²) < 4.78 is 1.87. The third-order valence-electron chi connectivity index (χ3n) is 6.02. The summed E-state index contributed by atoms with van der Waals surface area (Å²) in [6.07, 6.45) is 4.47. The highest BCUT2D eigenvalue weighted by Crippen LogP contribution is 2.32. The van der Waals surface area contributed by atoms with Crippen LogP contribution in [0.2, 0.25) is 0 Å². The minimum Gasteiger partial charge on any atom is -0.354 e. The van der Waals surface area contributed by atoms with E-state index in [-0.39, 0.29) is 23.9 Å². The molecule has 2 aromatic heterocycles. The minimum absolute atomic E-state index is 0.0358. The zero-order valence-electron chi connectivity index (χ0n) is 18.3. The predicted octanol–water partition coefficient (Wildman–Crippen LogP) is 3.27. The van der Waals surface area contributed by atoms with Crippen molar-refractivity contribution in [2.45, 2.75) is 85.2 Å². The molecule has 0 aliphatic carbocycles. The van der Waals surface area contributed by atoms with Gasteiger partial charge < -0.3 is 10.2 Å². The molecule has 29 heavy (non-hydrogen) atoms. The Morgan fingerprint density at radius 1 is 1.31 bits per heavy atom. The highest BCUT2D eigenvalue weighted by molar-refractivity contribution is 5.77. The number of carbonyl (C=O) groups excluding carboxylic acids is 2. The normalized spacial score (nSPS) is 17.7. The molecule has 7 heteroatoms. The summed E-state index contributed by atoms with van der Waals surface area (Å²) >= 11 is 0. The van der Waals surface area contributed by atoms with E-state index in [1.165, 1.54) is 0 Å². The van der Waals surface area contributed by atoms with Gasteiger partial charge in [0.25, 0.3) is 0 Å². The maximum Gasteiger partial charge on any atom is 0.222 e. The van der Waals surface area contributed by atoms with Crippen molar-refractivity contribution in [2.75, 3.05) is 6.54 Å². The molecule has 1 saturated heterocycles. The Bertz CT molecular complexity index is 904. The fourth-order valence-electron chi connectivity index (χ4n) is 4.13. The van der Waals surface area contributed by atoms with Crippen molar-refractivity contribution in [3.05, 3.63) is 28.7 Å². The molecule has 3 heterocycles. The molecular weight excluding hydrogens is 366 g/mol. The van der Waals surface area contributed by atoms with Gasteiger partial charge in [0, 0.05) is 42.9 Å². The third-order valence-corrected chi connectivity index (χ3v) is 6.02. The first kappa shape index (κ1) is 21.3. The van der Waals surface area contributed by atoms with Crippen molar-refractivity contribution in [2.24, 2.45) is 0 Å². The van der Waals surface area contributed by atoms with Gasteiger partial charge in [-0.3, -0.25) is 9.59 Å². The second-order valence-electron chi connectivity index (χ2n) is 8.08. The molecule has 2 aromatic rings. The first-order valence-corrected chi connectivity index (χ1v) is 10.8. The number of nitrogens with one attached hydrogen (secondary N) is 1. The molecule has 0 unspecified atom stereocenters. The maximum atomic E-state index is 12.3.